The fourth-order valence-corrected chi connectivity index (χ4v) is 3.70. The predicted octanol–water partition coefficient (Wildman–Crippen LogP) is 2.93. The van der Waals surface area contributed by atoms with E-state index in [2.05, 4.69) is 5.32 Å². The van der Waals surface area contributed by atoms with Crippen LogP contribution in [0.5, 0.6) is 17.2 Å². The van der Waals surface area contributed by atoms with E-state index in [1.165, 1.54) is 0 Å². The van der Waals surface area contributed by atoms with Gasteiger partial charge in [0.25, 0.3) is 5.91 Å². The zero-order valence-electron chi connectivity index (χ0n) is 17.2. The van der Waals surface area contributed by atoms with Crippen molar-refractivity contribution >= 4 is 17.5 Å². The van der Waals surface area contributed by atoms with E-state index in [-0.39, 0.29) is 24.5 Å². The molecule has 1 atom stereocenters. The van der Waals surface area contributed by atoms with Gasteiger partial charge in [0.1, 0.15) is 5.75 Å². The number of hydrogen-bond donors (Lipinski definition) is 1. The maximum Gasteiger partial charge on any atom is 0.263 e. The van der Waals surface area contributed by atoms with Gasteiger partial charge in [-0.25, -0.2) is 0 Å². The number of carbonyl (C=O) groups excluding carboxylic acids is 2. The topological polar surface area (TPSA) is 101 Å². The third-order valence-corrected chi connectivity index (χ3v) is 5.46. The Morgan fingerprint density at radius 2 is 1.84 bits per heavy atom. The summed E-state index contributed by atoms with van der Waals surface area (Å²) in [6.07, 6.45) is 0.532. The third kappa shape index (κ3) is 4.72. The van der Waals surface area contributed by atoms with Crippen LogP contribution in [0.3, 0.4) is 0 Å². The molecule has 0 bridgehead atoms. The Hall–Kier alpha value is -3.73. The summed E-state index contributed by atoms with van der Waals surface area (Å²) < 4.78 is 16.3. The SMILES string of the molecule is C[C@@H](Oc1ccc(C#N)cc1)C(=O)N1CCC(C(=O)Nc2ccc3c(c2)OCO3)CC1. The van der Waals surface area contributed by atoms with E-state index in [4.69, 9.17) is 19.5 Å². The molecule has 2 aliphatic heterocycles. The number of hydrogen-bond acceptors (Lipinski definition) is 6. The largest absolute Gasteiger partial charge is 0.481 e. The molecule has 0 aromatic heterocycles. The Morgan fingerprint density at radius 1 is 1.13 bits per heavy atom. The zero-order valence-corrected chi connectivity index (χ0v) is 17.2. The fraction of sp³-hybridized carbons (Fsp3) is 0.348. The van der Waals surface area contributed by atoms with Crippen molar-refractivity contribution < 1.29 is 23.8 Å². The average molecular weight is 421 g/mol. The first kappa shape index (κ1) is 20.5. The lowest BCUT2D eigenvalue weighted by molar-refractivity contribution is -0.140. The summed E-state index contributed by atoms with van der Waals surface area (Å²) in [6.45, 7) is 2.89. The van der Waals surface area contributed by atoms with Gasteiger partial charge in [-0.2, -0.15) is 5.26 Å². The number of ether oxygens (including phenoxy) is 3. The van der Waals surface area contributed by atoms with Crippen LogP contribution in [-0.2, 0) is 9.59 Å². The lowest BCUT2D eigenvalue weighted by Gasteiger charge is -2.33. The number of anilines is 1. The van der Waals surface area contributed by atoms with Gasteiger partial charge >= 0.3 is 0 Å². The number of rotatable bonds is 5. The van der Waals surface area contributed by atoms with E-state index in [1.54, 1.807) is 54.3 Å². The summed E-state index contributed by atoms with van der Waals surface area (Å²) in [5, 5.41) is 11.8. The second-order valence-corrected chi connectivity index (χ2v) is 7.55. The van der Waals surface area contributed by atoms with E-state index in [0.717, 1.165) is 0 Å². The van der Waals surface area contributed by atoms with Gasteiger partial charge in [0.15, 0.2) is 17.6 Å². The highest BCUT2D eigenvalue weighted by Gasteiger charge is 2.30. The molecule has 0 radical (unpaired) electrons. The third-order valence-electron chi connectivity index (χ3n) is 5.46. The highest BCUT2D eigenvalue weighted by molar-refractivity contribution is 5.93. The molecule has 1 N–H and O–H groups in total. The van der Waals surface area contributed by atoms with Crippen molar-refractivity contribution in [3.8, 4) is 23.3 Å². The highest BCUT2D eigenvalue weighted by atomic mass is 16.7. The van der Waals surface area contributed by atoms with E-state index in [9.17, 15) is 9.59 Å². The summed E-state index contributed by atoms with van der Waals surface area (Å²) >= 11 is 0. The van der Waals surface area contributed by atoms with Gasteiger partial charge in [0.05, 0.1) is 11.6 Å². The van der Waals surface area contributed by atoms with E-state index in [0.29, 0.717) is 54.4 Å². The van der Waals surface area contributed by atoms with Crippen molar-refractivity contribution in [2.75, 3.05) is 25.2 Å². The van der Waals surface area contributed by atoms with Gasteiger partial charge in [0, 0.05) is 30.8 Å². The molecule has 1 fully saturated rings. The molecule has 0 aliphatic carbocycles. The second-order valence-electron chi connectivity index (χ2n) is 7.55. The number of nitrogens with one attached hydrogen (secondary N) is 1. The number of likely N-dealkylation sites (tertiary alicyclic amines) is 1. The summed E-state index contributed by atoms with van der Waals surface area (Å²) in [4.78, 5) is 27.1. The first-order chi connectivity index (χ1) is 15.0. The van der Waals surface area contributed by atoms with Crippen molar-refractivity contribution in [3.63, 3.8) is 0 Å². The van der Waals surface area contributed by atoms with E-state index in [1.807, 2.05) is 6.07 Å². The molecule has 0 saturated carbocycles. The number of fused-ring (bicyclic) bond motifs is 1. The maximum atomic E-state index is 12.7. The summed E-state index contributed by atoms with van der Waals surface area (Å²) in [5.74, 6) is 1.49. The van der Waals surface area contributed by atoms with Gasteiger partial charge in [-0.1, -0.05) is 0 Å². The molecule has 2 amide bonds. The van der Waals surface area contributed by atoms with Crippen LogP contribution in [-0.4, -0.2) is 42.7 Å². The van der Waals surface area contributed by atoms with Crippen LogP contribution in [0.15, 0.2) is 42.5 Å². The molecule has 0 unspecified atom stereocenters. The molecule has 2 heterocycles. The lowest BCUT2D eigenvalue weighted by atomic mass is 9.95. The minimum atomic E-state index is -0.646. The van der Waals surface area contributed by atoms with Gasteiger partial charge in [0.2, 0.25) is 12.7 Å². The number of nitrogens with zero attached hydrogens (tertiary/aromatic N) is 2. The molecule has 8 heteroatoms. The first-order valence-corrected chi connectivity index (χ1v) is 10.2. The molecular formula is C23H23N3O5. The molecule has 160 valence electrons. The Labute approximate surface area is 180 Å². The van der Waals surface area contributed by atoms with Crippen LogP contribution < -0.4 is 19.5 Å². The average Bonchev–Trinajstić information content (AvgIpc) is 3.27. The minimum absolute atomic E-state index is 0.0622. The lowest BCUT2D eigenvalue weighted by Crippen LogP contribution is -2.46. The Balaban J connectivity index is 1.26. The van der Waals surface area contributed by atoms with Crippen LogP contribution in [0.4, 0.5) is 5.69 Å². The van der Waals surface area contributed by atoms with Gasteiger partial charge in [-0.05, 0) is 56.2 Å². The number of carbonyl (C=O) groups is 2. The van der Waals surface area contributed by atoms with Crippen molar-refractivity contribution in [1.82, 2.24) is 4.90 Å². The maximum absolute atomic E-state index is 12.7. The summed E-state index contributed by atoms with van der Waals surface area (Å²) in [5.41, 5.74) is 1.20. The quantitative estimate of drug-likeness (QED) is 0.797. The van der Waals surface area contributed by atoms with Gasteiger partial charge in [-0.3, -0.25) is 9.59 Å². The predicted molar refractivity (Wildman–Crippen MR) is 112 cm³/mol. The first-order valence-electron chi connectivity index (χ1n) is 10.2. The normalized spacial score (nSPS) is 16.3. The molecule has 2 aromatic carbocycles. The Bertz CT molecular complexity index is 1010. The van der Waals surface area contributed by atoms with E-state index < -0.39 is 6.10 Å². The summed E-state index contributed by atoms with van der Waals surface area (Å²) in [7, 11) is 0. The molecule has 0 spiro atoms. The van der Waals surface area contributed by atoms with Crippen LogP contribution >= 0.6 is 0 Å². The Morgan fingerprint density at radius 3 is 2.55 bits per heavy atom. The molecular weight excluding hydrogens is 398 g/mol. The molecule has 1 saturated heterocycles. The van der Waals surface area contributed by atoms with E-state index >= 15 is 0 Å². The van der Waals surface area contributed by atoms with Crippen molar-refractivity contribution in [1.29, 1.82) is 5.26 Å². The Kier molecular flexibility index (Phi) is 5.94. The molecule has 8 nitrogen and oxygen atoms in total. The zero-order chi connectivity index (χ0) is 21.8. The fourth-order valence-electron chi connectivity index (χ4n) is 3.70. The molecule has 2 aromatic rings. The van der Waals surface area contributed by atoms with Crippen molar-refractivity contribution in [3.05, 3.63) is 48.0 Å². The monoisotopic (exact) mass is 421 g/mol. The molecule has 31 heavy (non-hydrogen) atoms. The summed E-state index contributed by atoms with van der Waals surface area (Å²) in [6, 6.07) is 14.0. The standard InChI is InChI=1S/C23H23N3O5/c1-15(31-19-5-2-16(13-24)3-6-19)23(28)26-10-8-17(9-11-26)22(27)25-18-4-7-20-21(12-18)30-14-29-20/h2-7,12,15,17H,8-11,14H2,1H3,(H,25,27)/t15-/m1/s1. The van der Waals surface area contributed by atoms with Crippen molar-refractivity contribution in [2.24, 2.45) is 5.92 Å². The smallest absolute Gasteiger partial charge is 0.263 e. The van der Waals surface area contributed by atoms with Crippen LogP contribution in [0.25, 0.3) is 0 Å². The number of nitriles is 1. The number of piperidine rings is 1. The molecule has 4 rings (SSSR count). The van der Waals surface area contributed by atoms with Gasteiger partial charge < -0.3 is 24.4 Å². The van der Waals surface area contributed by atoms with Crippen molar-refractivity contribution in [2.45, 2.75) is 25.9 Å². The van der Waals surface area contributed by atoms with Crippen LogP contribution in [0.1, 0.15) is 25.3 Å². The molecule has 2 aliphatic rings. The van der Waals surface area contributed by atoms with Crippen LogP contribution in [0.2, 0.25) is 0 Å². The number of benzene rings is 2. The van der Waals surface area contributed by atoms with Crippen LogP contribution in [0, 0.1) is 17.2 Å². The number of amides is 2. The second kappa shape index (κ2) is 8.96. The minimum Gasteiger partial charge on any atom is -0.481 e. The van der Waals surface area contributed by atoms with Gasteiger partial charge in [-0.15, -0.1) is 0 Å². The highest BCUT2D eigenvalue weighted by Crippen LogP contribution is 2.34.